The standard InChI is InChI=1S/C10H20N2O2/c1-9-7-11-4-3-10(13)12(8-9)5-6-14-2/h9,11H,3-8H2,1-2H3. The Balaban J connectivity index is 2.43. The smallest absolute Gasteiger partial charge is 0.223 e. The van der Waals surface area contributed by atoms with Crippen molar-refractivity contribution in [3.63, 3.8) is 0 Å². The Kier molecular flexibility index (Phi) is 4.90. The Labute approximate surface area is 85.6 Å². The van der Waals surface area contributed by atoms with E-state index in [1.54, 1.807) is 7.11 Å². The molecule has 82 valence electrons. The van der Waals surface area contributed by atoms with Crippen LogP contribution in [0.2, 0.25) is 0 Å². The van der Waals surface area contributed by atoms with Crippen LogP contribution in [-0.2, 0) is 9.53 Å². The third kappa shape index (κ3) is 3.64. The molecule has 1 N–H and O–H groups in total. The normalized spacial score (nSPS) is 24.6. The molecule has 4 nitrogen and oxygen atoms in total. The van der Waals surface area contributed by atoms with Crippen molar-refractivity contribution in [3.05, 3.63) is 0 Å². The van der Waals surface area contributed by atoms with Gasteiger partial charge in [-0.3, -0.25) is 4.79 Å². The third-order valence-electron chi connectivity index (χ3n) is 2.46. The predicted octanol–water partition coefficient (Wildman–Crippen LogP) is 0.0908. The molecular formula is C10H20N2O2. The molecule has 1 aliphatic rings. The van der Waals surface area contributed by atoms with Crippen LogP contribution < -0.4 is 5.32 Å². The minimum Gasteiger partial charge on any atom is -0.383 e. The first kappa shape index (κ1) is 11.5. The van der Waals surface area contributed by atoms with E-state index in [1.165, 1.54) is 0 Å². The molecule has 1 amide bonds. The van der Waals surface area contributed by atoms with Crippen molar-refractivity contribution in [1.82, 2.24) is 10.2 Å². The number of nitrogens with zero attached hydrogens (tertiary/aromatic N) is 1. The summed E-state index contributed by atoms with van der Waals surface area (Å²) in [5, 5.41) is 3.27. The molecule has 0 spiro atoms. The molecule has 1 rings (SSSR count). The Morgan fingerprint density at radius 2 is 2.43 bits per heavy atom. The van der Waals surface area contributed by atoms with Crippen LogP contribution in [0, 0.1) is 5.92 Å². The van der Waals surface area contributed by atoms with E-state index >= 15 is 0 Å². The molecule has 1 fully saturated rings. The summed E-state index contributed by atoms with van der Waals surface area (Å²) in [6.07, 6.45) is 0.608. The Morgan fingerprint density at radius 3 is 3.14 bits per heavy atom. The second kappa shape index (κ2) is 5.98. The van der Waals surface area contributed by atoms with E-state index in [0.717, 1.165) is 26.2 Å². The molecule has 1 atom stereocenters. The number of carbonyl (C=O) groups is 1. The zero-order valence-electron chi connectivity index (χ0n) is 9.08. The lowest BCUT2D eigenvalue weighted by Gasteiger charge is -2.28. The van der Waals surface area contributed by atoms with E-state index in [2.05, 4.69) is 12.2 Å². The highest BCUT2D eigenvalue weighted by Gasteiger charge is 2.18. The Bertz CT molecular complexity index is 185. The van der Waals surface area contributed by atoms with Crippen molar-refractivity contribution in [2.45, 2.75) is 13.3 Å². The summed E-state index contributed by atoms with van der Waals surface area (Å²) in [7, 11) is 1.67. The highest BCUT2D eigenvalue weighted by molar-refractivity contribution is 5.76. The van der Waals surface area contributed by atoms with Crippen LogP contribution in [0.15, 0.2) is 0 Å². The van der Waals surface area contributed by atoms with Gasteiger partial charge in [-0.1, -0.05) is 6.92 Å². The average molecular weight is 200 g/mol. The fraction of sp³-hybridized carbons (Fsp3) is 0.900. The van der Waals surface area contributed by atoms with Gasteiger partial charge in [-0.15, -0.1) is 0 Å². The maximum Gasteiger partial charge on any atom is 0.223 e. The molecule has 0 aromatic rings. The van der Waals surface area contributed by atoms with Crippen molar-refractivity contribution < 1.29 is 9.53 Å². The molecule has 1 aliphatic heterocycles. The highest BCUT2D eigenvalue weighted by Crippen LogP contribution is 2.04. The van der Waals surface area contributed by atoms with Gasteiger partial charge in [0.2, 0.25) is 5.91 Å². The fourth-order valence-electron chi connectivity index (χ4n) is 1.66. The van der Waals surface area contributed by atoms with Gasteiger partial charge in [0, 0.05) is 33.2 Å². The van der Waals surface area contributed by atoms with E-state index in [-0.39, 0.29) is 5.91 Å². The summed E-state index contributed by atoms with van der Waals surface area (Å²) in [5.41, 5.74) is 0. The van der Waals surface area contributed by atoms with E-state index in [1.807, 2.05) is 4.90 Å². The largest absolute Gasteiger partial charge is 0.383 e. The van der Waals surface area contributed by atoms with Gasteiger partial charge in [0.15, 0.2) is 0 Å². The second-order valence-corrected chi connectivity index (χ2v) is 3.89. The molecule has 0 aromatic heterocycles. The topological polar surface area (TPSA) is 41.6 Å². The maximum absolute atomic E-state index is 11.6. The number of nitrogens with one attached hydrogen (secondary N) is 1. The quantitative estimate of drug-likeness (QED) is 0.702. The van der Waals surface area contributed by atoms with Crippen molar-refractivity contribution in [3.8, 4) is 0 Å². The Morgan fingerprint density at radius 1 is 1.64 bits per heavy atom. The molecular weight excluding hydrogens is 180 g/mol. The average Bonchev–Trinajstić information content (AvgIpc) is 2.16. The summed E-state index contributed by atoms with van der Waals surface area (Å²) >= 11 is 0. The van der Waals surface area contributed by atoms with Crippen LogP contribution in [-0.4, -0.2) is 50.7 Å². The number of hydrogen-bond donors (Lipinski definition) is 1. The second-order valence-electron chi connectivity index (χ2n) is 3.89. The van der Waals surface area contributed by atoms with Crippen LogP contribution >= 0.6 is 0 Å². The van der Waals surface area contributed by atoms with Crippen molar-refractivity contribution in [2.24, 2.45) is 5.92 Å². The zero-order chi connectivity index (χ0) is 10.4. The lowest BCUT2D eigenvalue weighted by Crippen LogP contribution is -2.43. The van der Waals surface area contributed by atoms with Crippen LogP contribution in [0.5, 0.6) is 0 Å². The van der Waals surface area contributed by atoms with Gasteiger partial charge < -0.3 is 15.0 Å². The number of rotatable bonds is 3. The summed E-state index contributed by atoms with van der Waals surface area (Å²) in [5.74, 6) is 0.761. The number of amides is 1. The number of carbonyl (C=O) groups excluding carboxylic acids is 1. The molecule has 14 heavy (non-hydrogen) atoms. The summed E-state index contributed by atoms with van der Waals surface area (Å²) in [6.45, 7) is 6.15. The van der Waals surface area contributed by atoms with Crippen LogP contribution in [0.1, 0.15) is 13.3 Å². The van der Waals surface area contributed by atoms with Crippen molar-refractivity contribution in [2.75, 3.05) is 39.9 Å². The molecule has 1 unspecified atom stereocenters. The number of hydrogen-bond acceptors (Lipinski definition) is 3. The summed E-state index contributed by atoms with van der Waals surface area (Å²) in [4.78, 5) is 13.6. The minimum absolute atomic E-state index is 0.237. The summed E-state index contributed by atoms with van der Waals surface area (Å²) < 4.78 is 4.99. The molecule has 0 radical (unpaired) electrons. The van der Waals surface area contributed by atoms with Crippen LogP contribution in [0.3, 0.4) is 0 Å². The zero-order valence-corrected chi connectivity index (χ0v) is 9.08. The number of methoxy groups -OCH3 is 1. The Hall–Kier alpha value is -0.610. The lowest BCUT2D eigenvalue weighted by atomic mass is 10.1. The van der Waals surface area contributed by atoms with Crippen molar-refractivity contribution in [1.29, 1.82) is 0 Å². The van der Waals surface area contributed by atoms with E-state index in [4.69, 9.17) is 4.74 Å². The summed E-state index contributed by atoms with van der Waals surface area (Å²) in [6, 6.07) is 0. The highest BCUT2D eigenvalue weighted by atomic mass is 16.5. The van der Waals surface area contributed by atoms with Gasteiger partial charge in [0.05, 0.1) is 6.61 Å². The molecule has 4 heteroatoms. The van der Waals surface area contributed by atoms with Crippen LogP contribution in [0.4, 0.5) is 0 Å². The lowest BCUT2D eigenvalue weighted by molar-refractivity contribution is -0.132. The van der Waals surface area contributed by atoms with Gasteiger partial charge >= 0.3 is 0 Å². The maximum atomic E-state index is 11.6. The van der Waals surface area contributed by atoms with E-state index < -0.39 is 0 Å². The first-order valence-corrected chi connectivity index (χ1v) is 5.21. The fourth-order valence-corrected chi connectivity index (χ4v) is 1.66. The molecule has 0 bridgehead atoms. The van der Waals surface area contributed by atoms with E-state index in [9.17, 15) is 4.79 Å². The van der Waals surface area contributed by atoms with E-state index in [0.29, 0.717) is 18.9 Å². The molecule has 0 saturated carbocycles. The molecule has 0 aliphatic carbocycles. The van der Waals surface area contributed by atoms with Gasteiger partial charge in [-0.05, 0) is 12.5 Å². The van der Waals surface area contributed by atoms with Crippen molar-refractivity contribution >= 4 is 5.91 Å². The van der Waals surface area contributed by atoms with Gasteiger partial charge in [0.25, 0.3) is 0 Å². The van der Waals surface area contributed by atoms with Gasteiger partial charge in [-0.2, -0.15) is 0 Å². The number of ether oxygens (including phenoxy) is 1. The van der Waals surface area contributed by atoms with Crippen LogP contribution in [0.25, 0.3) is 0 Å². The minimum atomic E-state index is 0.237. The molecule has 0 aromatic carbocycles. The first-order valence-electron chi connectivity index (χ1n) is 5.21. The van der Waals surface area contributed by atoms with Gasteiger partial charge in [0.1, 0.15) is 0 Å². The molecule has 1 heterocycles. The predicted molar refractivity (Wildman–Crippen MR) is 55.1 cm³/mol. The first-order chi connectivity index (χ1) is 6.74. The monoisotopic (exact) mass is 200 g/mol. The SMILES string of the molecule is COCCN1CC(C)CNCCC1=O. The third-order valence-corrected chi connectivity index (χ3v) is 2.46. The molecule has 1 saturated heterocycles. The van der Waals surface area contributed by atoms with Gasteiger partial charge in [-0.25, -0.2) is 0 Å².